The fourth-order valence-corrected chi connectivity index (χ4v) is 2.79. The summed E-state index contributed by atoms with van der Waals surface area (Å²) < 4.78 is 21.3. The van der Waals surface area contributed by atoms with Crippen molar-refractivity contribution in [3.05, 3.63) is 21.9 Å². The van der Waals surface area contributed by atoms with Crippen LogP contribution >= 0.6 is 11.3 Å². The quantitative estimate of drug-likeness (QED) is 0.722. The van der Waals surface area contributed by atoms with Crippen LogP contribution in [-0.2, 0) is 23.0 Å². The maximum absolute atomic E-state index is 10.7. The van der Waals surface area contributed by atoms with Crippen LogP contribution in [0.2, 0.25) is 0 Å². The number of aryl methyl sites for hydroxylation is 1. The topological polar surface area (TPSA) is 72.2 Å². The smallest absolute Gasteiger partial charge is 0.209 e. The minimum atomic E-state index is -3.31. The molecule has 0 amide bonds. The van der Waals surface area contributed by atoms with Crippen molar-refractivity contribution in [2.24, 2.45) is 5.14 Å². The molecule has 0 bridgehead atoms. The van der Waals surface area contributed by atoms with Gasteiger partial charge in [0, 0.05) is 16.3 Å². The Kier molecular flexibility index (Phi) is 5.40. The summed E-state index contributed by atoms with van der Waals surface area (Å²) in [4.78, 5) is 2.66. The Morgan fingerprint density at radius 3 is 2.62 bits per heavy atom. The van der Waals surface area contributed by atoms with Crippen LogP contribution in [0.1, 0.15) is 23.1 Å². The van der Waals surface area contributed by atoms with Gasteiger partial charge >= 0.3 is 0 Å². The number of rotatable bonds is 7. The van der Waals surface area contributed by atoms with Crippen molar-refractivity contribution < 1.29 is 8.42 Å². The molecule has 0 unspecified atom stereocenters. The van der Waals surface area contributed by atoms with Gasteiger partial charge in [0.25, 0.3) is 0 Å². The second kappa shape index (κ2) is 6.34. The van der Waals surface area contributed by atoms with Crippen molar-refractivity contribution in [1.29, 1.82) is 0 Å². The summed E-state index contributed by atoms with van der Waals surface area (Å²) in [7, 11) is -3.31. The van der Waals surface area contributed by atoms with Crippen LogP contribution in [0.3, 0.4) is 0 Å². The van der Waals surface area contributed by atoms with Crippen LogP contribution in [0.25, 0.3) is 0 Å². The van der Waals surface area contributed by atoms with Crippen molar-refractivity contribution in [3.8, 4) is 0 Å². The zero-order valence-electron chi connectivity index (χ0n) is 9.40. The van der Waals surface area contributed by atoms with E-state index in [1.54, 1.807) is 11.3 Å². The number of sulfonamides is 1. The number of thiophene rings is 1. The molecule has 0 fully saturated rings. The van der Waals surface area contributed by atoms with Crippen molar-refractivity contribution in [3.63, 3.8) is 0 Å². The van der Waals surface area contributed by atoms with E-state index < -0.39 is 10.0 Å². The van der Waals surface area contributed by atoms with Crippen LogP contribution in [0, 0.1) is 0 Å². The van der Waals surface area contributed by atoms with Crippen LogP contribution in [0.5, 0.6) is 0 Å². The first-order chi connectivity index (χ1) is 7.51. The molecule has 0 aliphatic rings. The van der Waals surface area contributed by atoms with Crippen LogP contribution in [0.4, 0.5) is 0 Å². The van der Waals surface area contributed by atoms with Gasteiger partial charge in [-0.2, -0.15) is 0 Å². The molecule has 0 saturated heterocycles. The maximum Gasteiger partial charge on any atom is 0.209 e. The van der Waals surface area contributed by atoms with Gasteiger partial charge in [-0.25, -0.2) is 13.6 Å². The van der Waals surface area contributed by atoms with E-state index >= 15 is 0 Å². The third-order valence-electron chi connectivity index (χ3n) is 2.15. The third-order valence-corrected chi connectivity index (χ3v) is 4.23. The normalized spacial score (nSPS) is 11.9. The molecule has 0 atom stereocenters. The largest absolute Gasteiger partial charge is 0.312 e. The zero-order chi connectivity index (χ0) is 12.0. The van der Waals surface area contributed by atoms with Crippen molar-refractivity contribution >= 4 is 21.4 Å². The molecular formula is C10H18N2O2S2. The molecule has 0 radical (unpaired) electrons. The minimum absolute atomic E-state index is 0.0463. The molecule has 0 aliphatic heterocycles. The van der Waals surface area contributed by atoms with E-state index in [-0.39, 0.29) is 5.75 Å². The Bertz CT molecular complexity index is 412. The lowest BCUT2D eigenvalue weighted by Crippen LogP contribution is -2.21. The molecule has 0 saturated carbocycles. The molecule has 6 heteroatoms. The fraction of sp³-hybridized carbons (Fsp3) is 0.600. The van der Waals surface area contributed by atoms with Crippen LogP contribution in [-0.4, -0.2) is 20.7 Å². The van der Waals surface area contributed by atoms with Crippen LogP contribution in [0.15, 0.2) is 12.1 Å². The van der Waals surface area contributed by atoms with E-state index in [1.807, 2.05) is 0 Å². The van der Waals surface area contributed by atoms with Gasteiger partial charge < -0.3 is 5.32 Å². The molecule has 92 valence electrons. The summed E-state index contributed by atoms with van der Waals surface area (Å²) in [6, 6.07) is 4.24. The van der Waals surface area contributed by atoms with Gasteiger partial charge in [0.2, 0.25) is 10.0 Å². The van der Waals surface area contributed by atoms with E-state index in [4.69, 9.17) is 5.14 Å². The summed E-state index contributed by atoms with van der Waals surface area (Å²) in [5, 5.41) is 8.10. The van der Waals surface area contributed by atoms with E-state index in [9.17, 15) is 8.42 Å². The lowest BCUT2D eigenvalue weighted by molar-refractivity contribution is 0.590. The van der Waals surface area contributed by atoms with Gasteiger partial charge in [0.15, 0.2) is 0 Å². The predicted octanol–water partition coefficient (Wildman–Crippen LogP) is 1.08. The summed E-state index contributed by atoms with van der Waals surface area (Å²) in [6.07, 6.45) is 1.63. The molecule has 1 heterocycles. The molecule has 0 aliphatic carbocycles. The highest BCUT2D eigenvalue weighted by atomic mass is 32.2. The Morgan fingerprint density at radius 2 is 2.06 bits per heavy atom. The molecular weight excluding hydrogens is 244 g/mol. The maximum atomic E-state index is 10.7. The zero-order valence-corrected chi connectivity index (χ0v) is 11.0. The minimum Gasteiger partial charge on any atom is -0.312 e. The monoisotopic (exact) mass is 262 g/mol. The number of hydrogen-bond acceptors (Lipinski definition) is 4. The Morgan fingerprint density at radius 1 is 1.38 bits per heavy atom. The Labute approximate surface area is 101 Å². The van der Waals surface area contributed by atoms with Crippen LogP contribution < -0.4 is 10.5 Å². The SMILES string of the molecule is CCc1ccc(CNCCCS(N)(=O)=O)s1. The highest BCUT2D eigenvalue weighted by molar-refractivity contribution is 7.89. The van der Waals surface area contributed by atoms with E-state index in [2.05, 4.69) is 24.4 Å². The number of nitrogens with one attached hydrogen (secondary N) is 1. The second-order valence-corrected chi connectivity index (χ2v) is 6.61. The summed E-state index contributed by atoms with van der Waals surface area (Å²) in [5.74, 6) is 0.0463. The standard InChI is InChI=1S/C10H18N2O2S2/c1-2-9-4-5-10(15-9)8-12-6-3-7-16(11,13)14/h4-5,12H,2-3,6-8H2,1H3,(H2,11,13,14). The van der Waals surface area contributed by atoms with E-state index in [0.717, 1.165) is 13.0 Å². The summed E-state index contributed by atoms with van der Waals surface area (Å²) in [5.41, 5.74) is 0. The number of hydrogen-bond donors (Lipinski definition) is 2. The number of nitrogens with two attached hydrogens (primary N) is 1. The van der Waals surface area contributed by atoms with Gasteiger partial charge in [-0.3, -0.25) is 0 Å². The fourth-order valence-electron chi connectivity index (χ4n) is 1.32. The Hall–Kier alpha value is -0.430. The van der Waals surface area contributed by atoms with Gasteiger partial charge in [0.05, 0.1) is 5.75 Å². The van der Waals surface area contributed by atoms with Gasteiger partial charge in [-0.05, 0) is 31.5 Å². The molecule has 0 spiro atoms. The highest BCUT2D eigenvalue weighted by Crippen LogP contribution is 2.16. The van der Waals surface area contributed by atoms with Crippen molar-refractivity contribution in [2.75, 3.05) is 12.3 Å². The molecule has 1 aromatic heterocycles. The average Bonchev–Trinajstić information content (AvgIpc) is 2.63. The first-order valence-electron chi connectivity index (χ1n) is 5.30. The lowest BCUT2D eigenvalue weighted by atomic mass is 10.3. The van der Waals surface area contributed by atoms with Gasteiger partial charge in [-0.15, -0.1) is 11.3 Å². The number of primary sulfonamides is 1. The van der Waals surface area contributed by atoms with Crippen molar-refractivity contribution in [1.82, 2.24) is 5.32 Å². The highest BCUT2D eigenvalue weighted by Gasteiger charge is 2.02. The predicted molar refractivity (Wildman–Crippen MR) is 68.0 cm³/mol. The third kappa shape index (κ3) is 5.60. The molecule has 0 aromatic carbocycles. The van der Waals surface area contributed by atoms with E-state index in [0.29, 0.717) is 13.0 Å². The molecule has 16 heavy (non-hydrogen) atoms. The molecule has 4 nitrogen and oxygen atoms in total. The summed E-state index contributed by atoms with van der Waals surface area (Å²) in [6.45, 7) is 3.61. The average molecular weight is 262 g/mol. The second-order valence-electron chi connectivity index (χ2n) is 3.62. The van der Waals surface area contributed by atoms with Gasteiger partial charge in [-0.1, -0.05) is 6.92 Å². The lowest BCUT2D eigenvalue weighted by Gasteiger charge is -2.01. The first-order valence-corrected chi connectivity index (χ1v) is 7.83. The summed E-state index contributed by atoms with van der Waals surface area (Å²) >= 11 is 1.79. The van der Waals surface area contributed by atoms with E-state index in [1.165, 1.54) is 9.75 Å². The first kappa shape index (κ1) is 13.6. The Balaban J connectivity index is 2.16. The van der Waals surface area contributed by atoms with Crippen molar-refractivity contribution in [2.45, 2.75) is 26.3 Å². The van der Waals surface area contributed by atoms with Gasteiger partial charge in [0.1, 0.15) is 0 Å². The molecule has 1 rings (SSSR count). The molecule has 1 aromatic rings. The molecule has 3 N–H and O–H groups in total.